The summed E-state index contributed by atoms with van der Waals surface area (Å²) in [7, 11) is 0. The number of aryl methyl sites for hydroxylation is 1. The van der Waals surface area contributed by atoms with Gasteiger partial charge >= 0.3 is 5.69 Å². The highest BCUT2D eigenvalue weighted by atomic mass is 16.5. The fraction of sp³-hybridized carbons (Fsp3) is 0.333. The van der Waals surface area contributed by atoms with Crippen LogP contribution in [0.2, 0.25) is 0 Å². The minimum absolute atomic E-state index is 0.0392. The number of fused-ring (bicyclic) bond motifs is 2. The zero-order valence-electron chi connectivity index (χ0n) is 18.6. The molecule has 2 aromatic carbocycles. The Morgan fingerprint density at radius 2 is 1.97 bits per heavy atom. The van der Waals surface area contributed by atoms with E-state index in [0.717, 1.165) is 28.8 Å². The number of imidazole rings is 1. The molecule has 0 aliphatic carbocycles. The van der Waals surface area contributed by atoms with Gasteiger partial charge in [0.15, 0.2) is 0 Å². The van der Waals surface area contributed by atoms with E-state index in [9.17, 15) is 9.59 Å². The molecule has 0 spiro atoms. The molecule has 1 atom stereocenters. The van der Waals surface area contributed by atoms with Crippen molar-refractivity contribution in [1.82, 2.24) is 19.3 Å². The number of carbonyl (C=O) groups is 1. The minimum atomic E-state index is -0.204. The van der Waals surface area contributed by atoms with Gasteiger partial charge in [-0.25, -0.2) is 4.79 Å². The van der Waals surface area contributed by atoms with E-state index in [1.54, 1.807) is 16.1 Å². The van der Waals surface area contributed by atoms with Crippen LogP contribution in [0.5, 0.6) is 0 Å². The highest BCUT2D eigenvalue weighted by molar-refractivity contribution is 5.97. The third kappa shape index (κ3) is 3.14. The van der Waals surface area contributed by atoms with Crippen molar-refractivity contribution < 1.29 is 9.32 Å². The molecule has 32 heavy (non-hydrogen) atoms. The number of hydrogen-bond donors (Lipinski definition) is 0. The van der Waals surface area contributed by atoms with E-state index in [1.165, 1.54) is 0 Å². The van der Waals surface area contributed by atoms with Gasteiger partial charge in [-0.1, -0.05) is 23.4 Å². The zero-order chi connectivity index (χ0) is 22.6. The summed E-state index contributed by atoms with van der Waals surface area (Å²) < 4.78 is 8.38. The summed E-state index contributed by atoms with van der Waals surface area (Å²) in [4.78, 5) is 32.9. The topological polar surface area (TPSA) is 86.2 Å². The van der Waals surface area contributed by atoms with E-state index in [1.807, 2.05) is 62.1 Å². The van der Waals surface area contributed by atoms with Crippen LogP contribution in [-0.2, 0) is 17.8 Å². The lowest BCUT2D eigenvalue weighted by Gasteiger charge is -2.23. The van der Waals surface area contributed by atoms with Crippen LogP contribution >= 0.6 is 0 Å². The summed E-state index contributed by atoms with van der Waals surface area (Å²) in [5.41, 5.74) is 4.06. The average molecular weight is 431 g/mol. The van der Waals surface area contributed by atoms with E-state index in [2.05, 4.69) is 16.2 Å². The van der Waals surface area contributed by atoms with E-state index in [4.69, 9.17) is 4.52 Å². The van der Waals surface area contributed by atoms with Crippen molar-refractivity contribution in [1.29, 1.82) is 0 Å². The van der Waals surface area contributed by atoms with E-state index in [0.29, 0.717) is 17.2 Å². The maximum absolute atomic E-state index is 13.4. The number of para-hydroxylation sites is 1. The van der Waals surface area contributed by atoms with Gasteiger partial charge in [-0.2, -0.15) is 4.98 Å². The molecule has 164 valence electrons. The second kappa shape index (κ2) is 7.47. The van der Waals surface area contributed by atoms with Gasteiger partial charge in [0, 0.05) is 30.3 Å². The van der Waals surface area contributed by atoms with Crippen molar-refractivity contribution in [2.24, 2.45) is 0 Å². The Hall–Kier alpha value is -3.68. The lowest BCUT2D eigenvalue weighted by molar-refractivity contribution is -0.119. The Morgan fingerprint density at radius 1 is 1.19 bits per heavy atom. The molecule has 0 N–H and O–H groups in total. The van der Waals surface area contributed by atoms with Crippen LogP contribution in [0.1, 0.15) is 38.3 Å². The number of benzene rings is 2. The molecule has 1 aliphatic rings. The van der Waals surface area contributed by atoms with Crippen molar-refractivity contribution in [3.05, 3.63) is 64.4 Å². The first-order valence-electron chi connectivity index (χ1n) is 10.8. The molecule has 8 heteroatoms. The van der Waals surface area contributed by atoms with Crippen molar-refractivity contribution in [3.8, 4) is 11.4 Å². The lowest BCUT2D eigenvalue weighted by atomic mass is 10.1. The first-order chi connectivity index (χ1) is 15.3. The first kappa shape index (κ1) is 20.2. The van der Waals surface area contributed by atoms with Crippen LogP contribution in [0.25, 0.3) is 22.4 Å². The van der Waals surface area contributed by atoms with Gasteiger partial charge in [0.25, 0.3) is 0 Å². The molecule has 0 saturated heterocycles. The summed E-state index contributed by atoms with van der Waals surface area (Å²) >= 11 is 0. The Morgan fingerprint density at radius 3 is 2.69 bits per heavy atom. The van der Waals surface area contributed by atoms with Gasteiger partial charge in [0.05, 0.1) is 11.0 Å². The number of anilines is 1. The molecule has 0 radical (unpaired) electrons. The maximum Gasteiger partial charge on any atom is 0.329 e. The molecule has 2 aromatic heterocycles. The SMILES string of the molecule is Cc1nc(-c2ccc3c(c2)n(CC(=O)N2c4ccccc4CC2C)c(=O)n3C(C)C)no1. The smallest absolute Gasteiger partial charge is 0.329 e. The van der Waals surface area contributed by atoms with Crippen LogP contribution in [0, 0.1) is 6.92 Å². The van der Waals surface area contributed by atoms with Gasteiger partial charge in [-0.3, -0.25) is 13.9 Å². The monoisotopic (exact) mass is 431 g/mol. The van der Waals surface area contributed by atoms with Crippen molar-refractivity contribution in [3.63, 3.8) is 0 Å². The van der Waals surface area contributed by atoms with Crippen molar-refractivity contribution >= 4 is 22.6 Å². The number of aromatic nitrogens is 4. The largest absolute Gasteiger partial charge is 0.339 e. The van der Waals surface area contributed by atoms with E-state index in [-0.39, 0.29) is 30.2 Å². The van der Waals surface area contributed by atoms with Crippen LogP contribution in [0.15, 0.2) is 51.8 Å². The van der Waals surface area contributed by atoms with Crippen LogP contribution in [0.3, 0.4) is 0 Å². The second-order valence-corrected chi connectivity index (χ2v) is 8.62. The number of rotatable bonds is 4. The molecular formula is C24H25N5O3. The van der Waals surface area contributed by atoms with Crippen LogP contribution < -0.4 is 10.6 Å². The highest BCUT2D eigenvalue weighted by Crippen LogP contribution is 2.32. The molecule has 1 aliphatic heterocycles. The Labute approximate surface area is 185 Å². The van der Waals surface area contributed by atoms with Gasteiger partial charge in [0.2, 0.25) is 17.6 Å². The molecule has 5 rings (SSSR count). The highest BCUT2D eigenvalue weighted by Gasteiger charge is 2.31. The summed E-state index contributed by atoms with van der Waals surface area (Å²) in [6.45, 7) is 7.65. The zero-order valence-corrected chi connectivity index (χ0v) is 18.6. The third-order valence-corrected chi connectivity index (χ3v) is 6.03. The molecule has 1 unspecified atom stereocenters. The summed E-state index contributed by atoms with van der Waals surface area (Å²) in [5.74, 6) is 0.816. The standard InChI is InChI=1S/C24H25N5O3/c1-14(2)28-20-10-9-18(23-25-16(4)32-26-23)12-21(20)27(24(28)31)13-22(30)29-15(3)11-17-7-5-6-8-19(17)29/h5-10,12,14-15H,11,13H2,1-4H3. The second-order valence-electron chi connectivity index (χ2n) is 8.62. The maximum atomic E-state index is 13.4. The Balaban J connectivity index is 1.60. The number of carbonyl (C=O) groups excluding carboxylic acids is 1. The predicted octanol–water partition coefficient (Wildman–Crippen LogP) is 3.72. The van der Waals surface area contributed by atoms with Gasteiger partial charge in [-0.05, 0) is 57.0 Å². The molecule has 4 aromatic rings. The number of amides is 1. The van der Waals surface area contributed by atoms with E-state index >= 15 is 0 Å². The van der Waals surface area contributed by atoms with Crippen LogP contribution in [-0.4, -0.2) is 31.2 Å². The first-order valence-corrected chi connectivity index (χ1v) is 10.8. The Bertz CT molecular complexity index is 1390. The molecule has 3 heterocycles. The molecule has 8 nitrogen and oxygen atoms in total. The number of nitrogens with zero attached hydrogens (tertiary/aromatic N) is 5. The molecule has 0 saturated carbocycles. The normalized spacial score (nSPS) is 15.7. The van der Waals surface area contributed by atoms with Crippen LogP contribution in [0.4, 0.5) is 5.69 Å². The summed E-state index contributed by atoms with van der Waals surface area (Å²) in [5, 5.41) is 3.99. The van der Waals surface area contributed by atoms with E-state index < -0.39 is 0 Å². The quantitative estimate of drug-likeness (QED) is 0.492. The molecule has 1 amide bonds. The Kier molecular flexibility index (Phi) is 4.73. The van der Waals surface area contributed by atoms with Gasteiger partial charge in [-0.15, -0.1) is 0 Å². The fourth-order valence-corrected chi connectivity index (χ4v) is 4.64. The third-order valence-electron chi connectivity index (χ3n) is 6.03. The summed E-state index contributed by atoms with van der Waals surface area (Å²) in [6, 6.07) is 13.5. The lowest BCUT2D eigenvalue weighted by Crippen LogP contribution is -2.40. The fourth-order valence-electron chi connectivity index (χ4n) is 4.64. The van der Waals surface area contributed by atoms with Gasteiger partial charge < -0.3 is 9.42 Å². The summed E-state index contributed by atoms with van der Waals surface area (Å²) in [6.07, 6.45) is 0.811. The number of hydrogen-bond acceptors (Lipinski definition) is 5. The average Bonchev–Trinajstić information content (AvgIpc) is 3.41. The molecule has 0 bridgehead atoms. The van der Waals surface area contributed by atoms with Crippen molar-refractivity contribution in [2.45, 2.75) is 52.7 Å². The molecule has 0 fully saturated rings. The van der Waals surface area contributed by atoms with Gasteiger partial charge in [0.1, 0.15) is 6.54 Å². The molecular weight excluding hydrogens is 406 g/mol. The predicted molar refractivity (Wildman–Crippen MR) is 122 cm³/mol. The minimum Gasteiger partial charge on any atom is -0.339 e. The van der Waals surface area contributed by atoms with Crippen molar-refractivity contribution in [2.75, 3.05) is 4.90 Å².